The van der Waals surface area contributed by atoms with Crippen LogP contribution in [-0.4, -0.2) is 31.1 Å². The third kappa shape index (κ3) is 3.09. The van der Waals surface area contributed by atoms with E-state index in [2.05, 4.69) is 28.9 Å². The number of benzene rings is 1. The van der Waals surface area contributed by atoms with Gasteiger partial charge in [-0.15, -0.1) is 6.58 Å². The molecule has 0 spiro atoms. The van der Waals surface area contributed by atoms with Crippen molar-refractivity contribution in [2.45, 2.75) is 12.5 Å². The van der Waals surface area contributed by atoms with Gasteiger partial charge in [0.1, 0.15) is 0 Å². The van der Waals surface area contributed by atoms with Crippen LogP contribution in [0.25, 0.3) is 0 Å². The molecule has 3 heteroatoms. The fraction of sp³-hybridized carbons (Fsp3) is 0.429. The highest BCUT2D eigenvalue weighted by Crippen LogP contribution is 2.28. The maximum absolute atomic E-state index is 6.28. The summed E-state index contributed by atoms with van der Waals surface area (Å²) < 4.78 is 0. The van der Waals surface area contributed by atoms with Crippen molar-refractivity contribution in [3.8, 4) is 0 Å². The Kier molecular flexibility index (Phi) is 4.60. The molecule has 0 bridgehead atoms. The minimum atomic E-state index is 0.386. The van der Waals surface area contributed by atoms with Crippen LogP contribution in [0.3, 0.4) is 0 Å². The molecule has 92 valence electrons. The number of piperazine rings is 1. The van der Waals surface area contributed by atoms with E-state index >= 15 is 0 Å². The zero-order valence-electron chi connectivity index (χ0n) is 10.0. The van der Waals surface area contributed by atoms with Crippen molar-refractivity contribution in [2.24, 2.45) is 0 Å². The van der Waals surface area contributed by atoms with Crippen LogP contribution in [0.2, 0.25) is 5.02 Å². The first-order valence-corrected chi connectivity index (χ1v) is 6.51. The number of nitrogens with one attached hydrogen (secondary N) is 1. The van der Waals surface area contributed by atoms with Crippen molar-refractivity contribution >= 4 is 11.6 Å². The summed E-state index contributed by atoms with van der Waals surface area (Å²) in [6.45, 7) is 7.95. The number of rotatable bonds is 4. The molecule has 1 heterocycles. The average molecular weight is 251 g/mol. The second-order valence-corrected chi connectivity index (χ2v) is 4.76. The van der Waals surface area contributed by atoms with Gasteiger partial charge in [-0.25, -0.2) is 0 Å². The second-order valence-electron chi connectivity index (χ2n) is 4.35. The van der Waals surface area contributed by atoms with Crippen molar-refractivity contribution in [1.29, 1.82) is 0 Å². The predicted molar refractivity (Wildman–Crippen MR) is 73.4 cm³/mol. The Morgan fingerprint density at radius 2 is 2.29 bits per heavy atom. The van der Waals surface area contributed by atoms with E-state index < -0.39 is 0 Å². The van der Waals surface area contributed by atoms with Crippen LogP contribution in [0.1, 0.15) is 18.0 Å². The van der Waals surface area contributed by atoms with Gasteiger partial charge in [0, 0.05) is 37.2 Å². The predicted octanol–water partition coefficient (Wildman–Crippen LogP) is 2.86. The third-order valence-electron chi connectivity index (χ3n) is 3.24. The Labute approximate surface area is 108 Å². The summed E-state index contributed by atoms with van der Waals surface area (Å²) in [5.74, 6) is 0. The maximum Gasteiger partial charge on any atom is 0.0488 e. The molecule has 1 aliphatic heterocycles. The van der Waals surface area contributed by atoms with Crippen LogP contribution in [-0.2, 0) is 0 Å². The van der Waals surface area contributed by atoms with E-state index in [9.17, 15) is 0 Å². The molecule has 0 amide bonds. The normalized spacial score (nSPS) is 21.4. The average Bonchev–Trinajstić information content (AvgIpc) is 2.37. The van der Waals surface area contributed by atoms with Crippen molar-refractivity contribution in [1.82, 2.24) is 10.2 Å². The smallest absolute Gasteiger partial charge is 0.0488 e. The Hall–Kier alpha value is -0.830. The van der Waals surface area contributed by atoms with Crippen LogP contribution in [0.4, 0.5) is 0 Å². The highest BCUT2D eigenvalue weighted by molar-refractivity contribution is 6.31. The lowest BCUT2D eigenvalue weighted by atomic mass is 10.0. The monoisotopic (exact) mass is 250 g/mol. The summed E-state index contributed by atoms with van der Waals surface area (Å²) in [6, 6.07) is 8.52. The molecule has 1 aromatic rings. The Balaban J connectivity index is 2.15. The van der Waals surface area contributed by atoms with E-state index in [1.54, 1.807) is 0 Å². The number of nitrogens with zero attached hydrogens (tertiary/aromatic N) is 1. The van der Waals surface area contributed by atoms with E-state index in [1.165, 1.54) is 5.56 Å². The molecule has 17 heavy (non-hydrogen) atoms. The van der Waals surface area contributed by atoms with Crippen molar-refractivity contribution < 1.29 is 0 Å². The van der Waals surface area contributed by atoms with Gasteiger partial charge in [-0.1, -0.05) is 35.9 Å². The van der Waals surface area contributed by atoms with Gasteiger partial charge >= 0.3 is 0 Å². The standard InChI is InChI=1S/C14H19ClN2/c1-2-3-9-17-10-8-16-11-14(17)12-6-4-5-7-13(12)15/h2,4-7,14,16H,1,3,8-11H2. The van der Waals surface area contributed by atoms with Gasteiger partial charge < -0.3 is 5.32 Å². The summed E-state index contributed by atoms with van der Waals surface area (Å²) in [5.41, 5.74) is 1.23. The van der Waals surface area contributed by atoms with Crippen LogP contribution in [0.15, 0.2) is 36.9 Å². The molecule has 2 nitrogen and oxygen atoms in total. The molecular weight excluding hydrogens is 232 g/mol. The van der Waals surface area contributed by atoms with E-state index in [0.717, 1.165) is 37.6 Å². The van der Waals surface area contributed by atoms with Gasteiger partial charge in [0.2, 0.25) is 0 Å². The maximum atomic E-state index is 6.28. The molecule has 2 rings (SSSR count). The molecule has 1 N–H and O–H groups in total. The van der Waals surface area contributed by atoms with Gasteiger partial charge in [0.25, 0.3) is 0 Å². The van der Waals surface area contributed by atoms with E-state index in [1.807, 2.05) is 18.2 Å². The summed E-state index contributed by atoms with van der Waals surface area (Å²) in [5, 5.41) is 4.31. The van der Waals surface area contributed by atoms with Crippen molar-refractivity contribution in [3.05, 3.63) is 47.5 Å². The molecule has 1 unspecified atom stereocenters. The van der Waals surface area contributed by atoms with Gasteiger partial charge in [-0.2, -0.15) is 0 Å². The van der Waals surface area contributed by atoms with Crippen molar-refractivity contribution in [2.75, 3.05) is 26.2 Å². The topological polar surface area (TPSA) is 15.3 Å². The lowest BCUT2D eigenvalue weighted by molar-refractivity contribution is 0.165. The molecule has 0 aromatic heterocycles. The van der Waals surface area contributed by atoms with Crippen molar-refractivity contribution in [3.63, 3.8) is 0 Å². The van der Waals surface area contributed by atoms with Gasteiger partial charge in [0.15, 0.2) is 0 Å². The Bertz CT molecular complexity index is 378. The SMILES string of the molecule is C=CCCN1CCNCC1c1ccccc1Cl. The van der Waals surface area contributed by atoms with E-state index in [4.69, 9.17) is 11.6 Å². The fourth-order valence-corrected chi connectivity index (χ4v) is 2.58. The molecule has 0 radical (unpaired) electrons. The number of hydrogen-bond acceptors (Lipinski definition) is 2. The van der Waals surface area contributed by atoms with Gasteiger partial charge in [-0.05, 0) is 18.1 Å². The summed E-state index contributed by atoms with van der Waals surface area (Å²) >= 11 is 6.28. The van der Waals surface area contributed by atoms with Gasteiger partial charge in [0.05, 0.1) is 0 Å². The lowest BCUT2D eigenvalue weighted by Crippen LogP contribution is -2.46. The van der Waals surface area contributed by atoms with Crippen LogP contribution in [0.5, 0.6) is 0 Å². The summed E-state index contributed by atoms with van der Waals surface area (Å²) in [6.07, 6.45) is 3.01. The fourth-order valence-electron chi connectivity index (χ4n) is 2.32. The highest BCUT2D eigenvalue weighted by atomic mass is 35.5. The first-order valence-electron chi connectivity index (χ1n) is 6.13. The van der Waals surface area contributed by atoms with Crippen LogP contribution in [0, 0.1) is 0 Å². The number of hydrogen-bond donors (Lipinski definition) is 1. The minimum absolute atomic E-state index is 0.386. The summed E-state index contributed by atoms with van der Waals surface area (Å²) in [4.78, 5) is 2.49. The number of halogens is 1. The molecule has 0 saturated carbocycles. The third-order valence-corrected chi connectivity index (χ3v) is 3.58. The molecule has 0 aliphatic carbocycles. The quantitative estimate of drug-likeness (QED) is 0.827. The van der Waals surface area contributed by atoms with E-state index in [0.29, 0.717) is 6.04 Å². The van der Waals surface area contributed by atoms with Gasteiger partial charge in [-0.3, -0.25) is 4.90 Å². The molecule has 1 aliphatic rings. The van der Waals surface area contributed by atoms with Crippen LogP contribution < -0.4 is 5.32 Å². The second kappa shape index (κ2) is 6.20. The summed E-state index contributed by atoms with van der Waals surface area (Å²) in [7, 11) is 0. The zero-order chi connectivity index (χ0) is 12.1. The molecular formula is C14H19ClN2. The Morgan fingerprint density at radius 3 is 3.06 bits per heavy atom. The molecule has 1 atom stereocenters. The largest absolute Gasteiger partial charge is 0.314 e. The highest BCUT2D eigenvalue weighted by Gasteiger charge is 2.24. The molecule has 1 aromatic carbocycles. The zero-order valence-corrected chi connectivity index (χ0v) is 10.8. The first kappa shape index (κ1) is 12.6. The minimum Gasteiger partial charge on any atom is -0.314 e. The molecule has 1 fully saturated rings. The first-order chi connectivity index (χ1) is 8.33. The Morgan fingerprint density at radius 1 is 1.47 bits per heavy atom. The van der Waals surface area contributed by atoms with Crippen LogP contribution >= 0.6 is 11.6 Å². The lowest BCUT2D eigenvalue weighted by Gasteiger charge is -2.36. The molecule has 1 saturated heterocycles. The van der Waals surface area contributed by atoms with E-state index in [-0.39, 0.29) is 0 Å².